The Bertz CT molecular complexity index is 1730. The number of imide groups is 2. The van der Waals surface area contributed by atoms with Gasteiger partial charge in [0.2, 0.25) is 17.7 Å². The fourth-order valence-electron chi connectivity index (χ4n) is 6.36. The third kappa shape index (κ3) is 21.3. The number of nitrogens with zero attached hydrogens (tertiary/aromatic N) is 1. The lowest BCUT2D eigenvalue weighted by atomic mass is 10.0. The molecule has 1 fully saturated rings. The molecule has 0 saturated carbocycles. The fraction of sp³-hybridized carbons (Fsp3) is 0.600. The summed E-state index contributed by atoms with van der Waals surface area (Å²) in [6, 6.07) is 13.0. The molecule has 0 spiro atoms. The number of anilines is 1. The average Bonchev–Trinajstić information content (AvgIpc) is 3.56. The number of fused-ring (bicyclic) bond motifs is 1. The van der Waals surface area contributed by atoms with Crippen molar-refractivity contribution < 1.29 is 76.1 Å². The first kappa shape index (κ1) is 52.7. The minimum absolute atomic E-state index is 0.0245. The highest BCUT2D eigenvalue weighted by atomic mass is 16.6. The van der Waals surface area contributed by atoms with Gasteiger partial charge in [-0.3, -0.25) is 34.2 Å². The maximum absolute atomic E-state index is 13.2. The van der Waals surface area contributed by atoms with E-state index in [1.807, 2.05) is 30.3 Å². The van der Waals surface area contributed by atoms with Gasteiger partial charge in [0, 0.05) is 26.0 Å². The standard InChI is InChI=1S/C45H64N4O16/c50-39(47-37-11-7-10-36-41(37)44(54)49(43(36)53)38-13-14-40(51)48-42(38)52)12-5-2-6-16-56-18-20-58-22-24-60-26-28-62-30-32-64-33-31-63-29-27-61-25-23-59-21-19-57-17-15-46-45(55)65-34-35-8-3-1-4-9-35/h1,3-4,7-11,38H,2,5-6,12-34H2,(H,46,55)(H,47,50)(H,48,51,52). The van der Waals surface area contributed by atoms with Crippen molar-refractivity contribution in [2.45, 2.75) is 51.2 Å². The smallest absolute Gasteiger partial charge is 0.407 e. The van der Waals surface area contributed by atoms with Gasteiger partial charge in [0.1, 0.15) is 12.6 Å². The van der Waals surface area contributed by atoms with Gasteiger partial charge < -0.3 is 58.0 Å². The predicted molar refractivity (Wildman–Crippen MR) is 232 cm³/mol. The molecular weight excluding hydrogens is 853 g/mol. The molecule has 1 unspecified atom stereocenters. The first-order chi connectivity index (χ1) is 31.8. The van der Waals surface area contributed by atoms with Crippen molar-refractivity contribution in [3.63, 3.8) is 0 Å². The molecule has 3 N–H and O–H groups in total. The van der Waals surface area contributed by atoms with Crippen molar-refractivity contribution in [3.8, 4) is 0 Å². The first-order valence-corrected chi connectivity index (χ1v) is 22.1. The largest absolute Gasteiger partial charge is 0.445 e. The Kier molecular flexibility index (Phi) is 26.5. The van der Waals surface area contributed by atoms with Crippen LogP contribution < -0.4 is 16.0 Å². The number of hydrogen-bond donors (Lipinski definition) is 3. The van der Waals surface area contributed by atoms with E-state index in [1.54, 1.807) is 12.1 Å². The number of ether oxygens (including phenoxy) is 10. The number of amides is 6. The Hall–Kier alpha value is -4.90. The molecular formula is C45H64N4O16. The molecule has 0 aliphatic carbocycles. The zero-order valence-electron chi connectivity index (χ0n) is 37.1. The van der Waals surface area contributed by atoms with Crippen LogP contribution in [0.1, 0.15) is 64.8 Å². The number of benzene rings is 2. The van der Waals surface area contributed by atoms with E-state index in [0.717, 1.165) is 23.3 Å². The molecule has 4 rings (SSSR count). The molecule has 2 aromatic carbocycles. The van der Waals surface area contributed by atoms with Gasteiger partial charge in [-0.25, -0.2) is 4.79 Å². The van der Waals surface area contributed by atoms with Crippen LogP contribution in [-0.2, 0) is 68.4 Å². The molecule has 0 bridgehead atoms. The monoisotopic (exact) mass is 916 g/mol. The van der Waals surface area contributed by atoms with Crippen LogP contribution in [0.3, 0.4) is 0 Å². The van der Waals surface area contributed by atoms with Crippen LogP contribution in [0, 0.1) is 0 Å². The predicted octanol–water partition coefficient (Wildman–Crippen LogP) is 2.66. The third-order valence-electron chi connectivity index (χ3n) is 9.64. The number of unbranched alkanes of at least 4 members (excludes halogenated alkanes) is 2. The van der Waals surface area contributed by atoms with Crippen molar-refractivity contribution in [2.75, 3.05) is 131 Å². The van der Waals surface area contributed by atoms with Crippen molar-refractivity contribution in [3.05, 3.63) is 65.2 Å². The number of piperidine rings is 1. The Morgan fingerprint density at radius 3 is 1.65 bits per heavy atom. The van der Waals surface area contributed by atoms with Gasteiger partial charge in [-0.2, -0.15) is 0 Å². The lowest BCUT2D eigenvalue weighted by molar-refractivity contribution is -0.136. The number of carbonyl (C=O) groups excluding carboxylic acids is 6. The Morgan fingerprint density at radius 1 is 0.585 bits per heavy atom. The fourth-order valence-corrected chi connectivity index (χ4v) is 6.36. The summed E-state index contributed by atoms with van der Waals surface area (Å²) in [6.45, 7) is 8.58. The van der Waals surface area contributed by atoms with Crippen LogP contribution in [0.2, 0.25) is 0 Å². The van der Waals surface area contributed by atoms with Crippen LogP contribution in [0.15, 0.2) is 48.5 Å². The number of hydrogen-bond acceptors (Lipinski definition) is 16. The van der Waals surface area contributed by atoms with Gasteiger partial charge in [0.15, 0.2) is 0 Å². The number of carbonyl (C=O) groups is 6. The van der Waals surface area contributed by atoms with E-state index in [0.29, 0.717) is 132 Å². The lowest BCUT2D eigenvalue weighted by Crippen LogP contribution is -2.54. The molecule has 6 amide bonds. The second-order valence-corrected chi connectivity index (χ2v) is 14.5. The molecule has 0 aromatic heterocycles. The summed E-state index contributed by atoms with van der Waals surface area (Å²) < 4.78 is 54.6. The molecule has 2 aliphatic heterocycles. The van der Waals surface area contributed by atoms with E-state index in [2.05, 4.69) is 16.0 Å². The number of nitrogens with one attached hydrogen (secondary N) is 3. The lowest BCUT2D eigenvalue weighted by Gasteiger charge is -2.27. The van der Waals surface area contributed by atoms with E-state index in [4.69, 9.17) is 47.4 Å². The normalized spacial score (nSPS) is 14.7. The molecule has 2 heterocycles. The summed E-state index contributed by atoms with van der Waals surface area (Å²) in [5, 5.41) is 7.54. The summed E-state index contributed by atoms with van der Waals surface area (Å²) in [5.41, 5.74) is 1.30. The van der Waals surface area contributed by atoms with Crippen molar-refractivity contribution in [1.82, 2.24) is 15.5 Å². The zero-order chi connectivity index (χ0) is 46.2. The van der Waals surface area contributed by atoms with Crippen molar-refractivity contribution in [2.24, 2.45) is 0 Å². The minimum Gasteiger partial charge on any atom is -0.445 e. The summed E-state index contributed by atoms with van der Waals surface area (Å²) in [4.78, 5) is 75.3. The molecule has 65 heavy (non-hydrogen) atoms. The first-order valence-electron chi connectivity index (χ1n) is 22.1. The number of alkyl carbamates (subject to hydrolysis) is 1. The summed E-state index contributed by atoms with van der Waals surface area (Å²) in [6.07, 6.45) is 1.94. The second-order valence-electron chi connectivity index (χ2n) is 14.5. The van der Waals surface area contributed by atoms with E-state index in [9.17, 15) is 28.8 Å². The van der Waals surface area contributed by atoms with Crippen LogP contribution in [0.25, 0.3) is 0 Å². The highest BCUT2D eigenvalue weighted by molar-refractivity contribution is 6.26. The molecule has 20 nitrogen and oxygen atoms in total. The number of rotatable bonds is 37. The van der Waals surface area contributed by atoms with E-state index >= 15 is 0 Å². The van der Waals surface area contributed by atoms with Gasteiger partial charge in [0.25, 0.3) is 11.8 Å². The maximum atomic E-state index is 13.2. The quantitative estimate of drug-likeness (QED) is 0.0653. The molecule has 2 aromatic rings. The Morgan fingerprint density at radius 2 is 1.11 bits per heavy atom. The van der Waals surface area contributed by atoms with Crippen LogP contribution >= 0.6 is 0 Å². The molecule has 0 radical (unpaired) electrons. The van der Waals surface area contributed by atoms with Crippen LogP contribution in [0.5, 0.6) is 0 Å². The summed E-state index contributed by atoms with van der Waals surface area (Å²) >= 11 is 0. The Balaban J connectivity index is 0.813. The van der Waals surface area contributed by atoms with E-state index in [-0.39, 0.29) is 48.6 Å². The van der Waals surface area contributed by atoms with Gasteiger partial charge in [-0.05, 0) is 37.0 Å². The van der Waals surface area contributed by atoms with Crippen LogP contribution in [-0.4, -0.2) is 172 Å². The van der Waals surface area contributed by atoms with E-state index < -0.39 is 35.8 Å². The molecule has 2 aliphatic rings. The highest BCUT2D eigenvalue weighted by Gasteiger charge is 2.45. The molecule has 20 heteroatoms. The minimum atomic E-state index is -1.08. The van der Waals surface area contributed by atoms with Gasteiger partial charge in [-0.15, -0.1) is 0 Å². The van der Waals surface area contributed by atoms with Crippen LogP contribution in [0.4, 0.5) is 10.5 Å². The van der Waals surface area contributed by atoms with Gasteiger partial charge in [-0.1, -0.05) is 42.8 Å². The molecule has 360 valence electrons. The SMILES string of the molecule is O=C1CCC(N2C(=O)c3cccc(NC(=O)CCCCCOCCOCCOCCOCCOCCOCCOCCOCCOCCNC(=O)OCc4ccccc4)c3C2=O)C(=O)N1. The maximum Gasteiger partial charge on any atom is 0.407 e. The summed E-state index contributed by atoms with van der Waals surface area (Å²) in [7, 11) is 0. The van der Waals surface area contributed by atoms with Gasteiger partial charge >= 0.3 is 6.09 Å². The molecule has 1 saturated heterocycles. The highest BCUT2D eigenvalue weighted by Crippen LogP contribution is 2.32. The van der Waals surface area contributed by atoms with Crippen molar-refractivity contribution >= 4 is 41.3 Å². The topological polar surface area (TPSA) is 234 Å². The zero-order valence-corrected chi connectivity index (χ0v) is 37.1. The third-order valence-corrected chi connectivity index (χ3v) is 9.64. The molecule has 1 atom stereocenters. The Labute approximate surface area is 379 Å². The second kappa shape index (κ2) is 32.7. The van der Waals surface area contributed by atoms with Gasteiger partial charge in [0.05, 0.1) is 129 Å². The van der Waals surface area contributed by atoms with Crippen molar-refractivity contribution in [1.29, 1.82) is 0 Å². The van der Waals surface area contributed by atoms with E-state index in [1.165, 1.54) is 6.07 Å². The average molecular weight is 917 g/mol. The summed E-state index contributed by atoms with van der Waals surface area (Å²) in [5.74, 6) is -2.73.